The lowest BCUT2D eigenvalue weighted by Crippen LogP contribution is -2.19. The first-order valence-corrected chi connectivity index (χ1v) is 10.8. The van der Waals surface area contributed by atoms with Crippen molar-refractivity contribution < 1.29 is 19.4 Å². The van der Waals surface area contributed by atoms with Crippen LogP contribution in [0.2, 0.25) is 0 Å². The average molecular weight is 462 g/mol. The highest BCUT2D eigenvalue weighted by atomic mass is 16.5. The van der Waals surface area contributed by atoms with E-state index in [1.54, 1.807) is 48.5 Å². The number of hydrogen-bond donors (Lipinski definition) is 2. The summed E-state index contributed by atoms with van der Waals surface area (Å²) in [5.41, 5.74) is 5.40. The van der Waals surface area contributed by atoms with Crippen LogP contribution in [-0.4, -0.2) is 27.3 Å². The molecule has 0 aliphatic heterocycles. The van der Waals surface area contributed by atoms with Crippen molar-refractivity contribution in [2.24, 2.45) is 14.1 Å². The number of fused-ring (bicyclic) bond motifs is 1. The van der Waals surface area contributed by atoms with Crippen LogP contribution in [0.15, 0.2) is 59.4 Å². The number of para-hydroxylation sites is 1. The van der Waals surface area contributed by atoms with Gasteiger partial charge >= 0.3 is 11.7 Å². The Morgan fingerprint density at radius 2 is 1.79 bits per heavy atom. The average Bonchev–Trinajstić information content (AvgIpc) is 3.05. The minimum absolute atomic E-state index is 0.0714. The van der Waals surface area contributed by atoms with E-state index < -0.39 is 5.97 Å². The molecular weight excluding hydrogens is 434 g/mol. The van der Waals surface area contributed by atoms with E-state index in [9.17, 15) is 14.7 Å². The Kier molecular flexibility index (Phi) is 6.32. The molecule has 1 heterocycles. The summed E-state index contributed by atoms with van der Waals surface area (Å²) in [6, 6.07) is 16.5. The predicted octanol–water partition coefficient (Wildman–Crippen LogP) is 4.08. The molecule has 34 heavy (non-hydrogen) atoms. The van der Waals surface area contributed by atoms with E-state index in [-0.39, 0.29) is 11.3 Å². The van der Waals surface area contributed by atoms with Crippen molar-refractivity contribution in [2.45, 2.75) is 20.1 Å². The van der Waals surface area contributed by atoms with Crippen LogP contribution < -0.4 is 20.5 Å². The maximum absolute atomic E-state index is 12.2. The second kappa shape index (κ2) is 9.35. The molecule has 4 aromatic rings. The number of carbonyl (C=O) groups is 1. The fraction of sp³-hybridized carbons (Fsp3) is 0.231. The normalized spacial score (nSPS) is 10.9. The zero-order valence-electron chi connectivity index (χ0n) is 19.6. The summed E-state index contributed by atoms with van der Waals surface area (Å²) >= 11 is 0. The highest BCUT2D eigenvalue weighted by Crippen LogP contribution is 2.33. The van der Waals surface area contributed by atoms with Gasteiger partial charge in [0.15, 0.2) is 11.5 Å². The van der Waals surface area contributed by atoms with Crippen molar-refractivity contribution in [1.29, 1.82) is 0 Å². The smallest absolute Gasteiger partial charge is 0.335 e. The van der Waals surface area contributed by atoms with Gasteiger partial charge in [-0.25, -0.2) is 9.59 Å². The van der Waals surface area contributed by atoms with Gasteiger partial charge in [-0.1, -0.05) is 18.2 Å². The molecule has 0 bridgehead atoms. The molecule has 8 heteroatoms. The highest BCUT2D eigenvalue weighted by Gasteiger charge is 2.13. The molecule has 0 amide bonds. The molecule has 0 saturated carbocycles. The quantitative estimate of drug-likeness (QED) is 0.411. The molecule has 176 valence electrons. The summed E-state index contributed by atoms with van der Waals surface area (Å²) in [5.74, 6) is 0.289. The monoisotopic (exact) mass is 461 g/mol. The molecule has 4 rings (SSSR count). The van der Waals surface area contributed by atoms with Crippen molar-refractivity contribution in [3.63, 3.8) is 0 Å². The van der Waals surface area contributed by atoms with E-state index in [2.05, 4.69) is 5.32 Å². The Bertz CT molecular complexity index is 1430. The van der Waals surface area contributed by atoms with Gasteiger partial charge in [0.2, 0.25) is 0 Å². The number of anilines is 1. The van der Waals surface area contributed by atoms with Gasteiger partial charge in [-0.05, 0) is 54.4 Å². The van der Waals surface area contributed by atoms with Crippen LogP contribution in [0.25, 0.3) is 11.0 Å². The number of carboxylic acids is 1. The van der Waals surface area contributed by atoms with Crippen LogP contribution in [0.1, 0.15) is 27.0 Å². The Balaban J connectivity index is 1.56. The number of aryl methyl sites for hydroxylation is 3. The molecule has 0 saturated heterocycles. The molecule has 0 unspecified atom stereocenters. The van der Waals surface area contributed by atoms with Gasteiger partial charge in [0.05, 0.1) is 23.7 Å². The molecule has 0 atom stereocenters. The van der Waals surface area contributed by atoms with Crippen LogP contribution in [0.4, 0.5) is 5.69 Å². The maximum atomic E-state index is 12.2. The van der Waals surface area contributed by atoms with Crippen molar-refractivity contribution in [3.8, 4) is 11.5 Å². The molecule has 0 spiro atoms. The topological polar surface area (TPSA) is 94.7 Å². The van der Waals surface area contributed by atoms with E-state index in [4.69, 9.17) is 9.47 Å². The number of methoxy groups -OCH3 is 1. The van der Waals surface area contributed by atoms with Crippen LogP contribution in [0, 0.1) is 6.92 Å². The number of nitrogens with one attached hydrogen (secondary N) is 1. The number of aromatic nitrogens is 2. The Morgan fingerprint density at radius 3 is 2.50 bits per heavy atom. The van der Waals surface area contributed by atoms with Gasteiger partial charge in [0, 0.05) is 31.9 Å². The van der Waals surface area contributed by atoms with Gasteiger partial charge in [-0.2, -0.15) is 0 Å². The zero-order valence-corrected chi connectivity index (χ0v) is 19.6. The summed E-state index contributed by atoms with van der Waals surface area (Å²) in [6.45, 7) is 2.63. The number of hydrogen-bond acceptors (Lipinski definition) is 5. The molecule has 3 aromatic carbocycles. The number of carboxylic acid groups (broad SMARTS) is 1. The van der Waals surface area contributed by atoms with Gasteiger partial charge in [-0.3, -0.25) is 9.13 Å². The van der Waals surface area contributed by atoms with Gasteiger partial charge < -0.3 is 19.9 Å². The highest BCUT2D eigenvalue weighted by molar-refractivity contribution is 5.88. The van der Waals surface area contributed by atoms with Gasteiger partial charge in [0.25, 0.3) is 0 Å². The molecular formula is C26H27N3O5. The number of benzene rings is 3. The minimum Gasteiger partial charge on any atom is -0.493 e. The molecule has 0 aliphatic rings. The summed E-state index contributed by atoms with van der Waals surface area (Å²) in [4.78, 5) is 23.4. The lowest BCUT2D eigenvalue weighted by molar-refractivity contribution is 0.0697. The van der Waals surface area contributed by atoms with Crippen molar-refractivity contribution in [2.75, 3.05) is 12.4 Å². The van der Waals surface area contributed by atoms with E-state index in [0.717, 1.165) is 33.4 Å². The molecule has 0 fully saturated rings. The first kappa shape index (κ1) is 23.0. The molecule has 8 nitrogen and oxygen atoms in total. The number of ether oxygens (including phenoxy) is 2. The summed E-state index contributed by atoms with van der Waals surface area (Å²) in [5, 5.41) is 12.5. The molecule has 2 N–H and O–H groups in total. The van der Waals surface area contributed by atoms with E-state index in [1.807, 2.05) is 43.3 Å². The Hall–Kier alpha value is -4.20. The van der Waals surface area contributed by atoms with E-state index in [1.165, 1.54) is 0 Å². The van der Waals surface area contributed by atoms with Crippen molar-refractivity contribution in [1.82, 2.24) is 9.13 Å². The number of imidazole rings is 1. The SMILES string of the molecule is COc1cccc(CNc2ccc(C(=O)O)cc2C)c1OCc1ccc2c(c1)n(C)c(=O)n2C. The first-order chi connectivity index (χ1) is 16.3. The van der Waals surface area contributed by atoms with E-state index in [0.29, 0.717) is 24.7 Å². The second-order valence-corrected chi connectivity index (χ2v) is 8.15. The summed E-state index contributed by atoms with van der Waals surface area (Å²) in [7, 11) is 5.11. The van der Waals surface area contributed by atoms with E-state index >= 15 is 0 Å². The molecule has 1 aromatic heterocycles. The number of nitrogens with zero attached hydrogens (tertiary/aromatic N) is 2. The number of aromatic carboxylic acids is 1. The third-order valence-corrected chi connectivity index (χ3v) is 5.94. The fourth-order valence-corrected chi connectivity index (χ4v) is 4.01. The molecule has 0 aliphatic carbocycles. The van der Waals surface area contributed by atoms with Gasteiger partial charge in [-0.15, -0.1) is 0 Å². The maximum Gasteiger partial charge on any atom is 0.335 e. The number of rotatable bonds is 8. The lowest BCUT2D eigenvalue weighted by atomic mass is 10.1. The van der Waals surface area contributed by atoms with Gasteiger partial charge in [0.1, 0.15) is 6.61 Å². The van der Waals surface area contributed by atoms with Crippen LogP contribution in [-0.2, 0) is 27.2 Å². The molecule has 0 radical (unpaired) electrons. The largest absolute Gasteiger partial charge is 0.493 e. The van der Waals surface area contributed by atoms with Crippen molar-refractivity contribution in [3.05, 3.63) is 87.3 Å². The van der Waals surface area contributed by atoms with Crippen LogP contribution in [0.3, 0.4) is 0 Å². The predicted molar refractivity (Wildman–Crippen MR) is 131 cm³/mol. The summed E-state index contributed by atoms with van der Waals surface area (Å²) < 4.78 is 15.0. The van der Waals surface area contributed by atoms with Crippen molar-refractivity contribution >= 4 is 22.7 Å². The van der Waals surface area contributed by atoms with Crippen LogP contribution >= 0.6 is 0 Å². The van der Waals surface area contributed by atoms with Crippen LogP contribution in [0.5, 0.6) is 11.5 Å². The minimum atomic E-state index is -0.952. The fourth-order valence-electron chi connectivity index (χ4n) is 4.01. The zero-order chi connectivity index (χ0) is 24.4. The Morgan fingerprint density at radius 1 is 1.03 bits per heavy atom. The Labute approximate surface area is 197 Å². The first-order valence-electron chi connectivity index (χ1n) is 10.8. The summed E-state index contributed by atoms with van der Waals surface area (Å²) in [6.07, 6.45) is 0. The second-order valence-electron chi connectivity index (χ2n) is 8.15. The third kappa shape index (κ3) is 4.34. The standard InChI is InChI=1S/C26H27N3O5/c1-16-12-18(25(30)31)9-10-20(16)27-14-19-6-5-7-23(33-4)24(19)34-15-17-8-11-21-22(13-17)29(3)26(32)28(21)2/h5-13,27H,14-15H2,1-4H3,(H,30,31). The lowest BCUT2D eigenvalue weighted by Gasteiger charge is -2.17. The third-order valence-electron chi connectivity index (χ3n) is 5.94.